The van der Waals surface area contributed by atoms with Crippen molar-refractivity contribution in [2.45, 2.75) is 51.1 Å². The molecular weight excluding hydrogens is 184 g/mol. The Kier molecular flexibility index (Phi) is 3.81. The summed E-state index contributed by atoms with van der Waals surface area (Å²) in [5, 5.41) is 0. The van der Waals surface area contributed by atoms with E-state index in [0.717, 1.165) is 12.0 Å². The molecule has 2 nitrogen and oxygen atoms in total. The van der Waals surface area contributed by atoms with E-state index >= 15 is 0 Å². The number of piperidine rings is 1. The molecule has 2 atom stereocenters. The van der Waals surface area contributed by atoms with Crippen molar-refractivity contribution in [1.82, 2.24) is 4.90 Å². The summed E-state index contributed by atoms with van der Waals surface area (Å²) in [6.07, 6.45) is 11.4. The summed E-state index contributed by atoms with van der Waals surface area (Å²) >= 11 is 0. The van der Waals surface area contributed by atoms with Crippen molar-refractivity contribution in [2.24, 2.45) is 11.7 Å². The van der Waals surface area contributed by atoms with Crippen LogP contribution in [-0.2, 0) is 0 Å². The van der Waals surface area contributed by atoms with Crippen LogP contribution in [-0.4, -0.2) is 30.1 Å². The normalized spacial score (nSPS) is 31.7. The Bertz CT molecular complexity index is 215. The Balaban J connectivity index is 1.82. The smallest absolute Gasteiger partial charge is 0.0278 e. The van der Waals surface area contributed by atoms with Gasteiger partial charge in [0, 0.05) is 12.1 Å². The van der Waals surface area contributed by atoms with Crippen molar-refractivity contribution < 1.29 is 0 Å². The molecule has 0 aromatic heterocycles. The fourth-order valence-corrected chi connectivity index (χ4v) is 2.88. The third-order valence-corrected chi connectivity index (χ3v) is 4.02. The zero-order valence-electron chi connectivity index (χ0n) is 9.86. The van der Waals surface area contributed by atoms with Crippen molar-refractivity contribution in [2.75, 3.05) is 13.1 Å². The van der Waals surface area contributed by atoms with Crippen LogP contribution in [0.15, 0.2) is 12.2 Å². The Labute approximate surface area is 93.5 Å². The first-order valence-electron chi connectivity index (χ1n) is 6.43. The minimum Gasteiger partial charge on any atom is -0.328 e. The number of hydrogen-bond donors (Lipinski definition) is 1. The Morgan fingerprint density at radius 3 is 2.53 bits per heavy atom. The molecule has 86 valence electrons. The lowest BCUT2D eigenvalue weighted by molar-refractivity contribution is 0.137. The molecule has 2 unspecified atom stereocenters. The lowest BCUT2D eigenvalue weighted by Crippen LogP contribution is -2.44. The molecule has 1 saturated heterocycles. The standard InChI is InChI=1S/C13H24N2/c1-11(14)12-7-9-15(10-8-12)13-5-3-2-4-6-13/h3,5,11-13H,2,4,6-10,14H2,1H3. The van der Waals surface area contributed by atoms with Gasteiger partial charge in [0.25, 0.3) is 0 Å². The van der Waals surface area contributed by atoms with Gasteiger partial charge in [-0.1, -0.05) is 12.2 Å². The van der Waals surface area contributed by atoms with Crippen molar-refractivity contribution in [3.8, 4) is 0 Å². The van der Waals surface area contributed by atoms with Crippen LogP contribution >= 0.6 is 0 Å². The predicted octanol–water partition coefficient (Wildman–Crippen LogP) is 2.15. The summed E-state index contributed by atoms with van der Waals surface area (Å²) in [5.41, 5.74) is 5.96. The van der Waals surface area contributed by atoms with Gasteiger partial charge in [0.15, 0.2) is 0 Å². The monoisotopic (exact) mass is 208 g/mol. The van der Waals surface area contributed by atoms with Gasteiger partial charge in [-0.3, -0.25) is 4.90 Å². The fraction of sp³-hybridized carbons (Fsp3) is 0.846. The van der Waals surface area contributed by atoms with Crippen LogP contribution in [0.4, 0.5) is 0 Å². The lowest BCUT2D eigenvalue weighted by atomic mass is 9.89. The summed E-state index contributed by atoms with van der Waals surface area (Å²) in [6.45, 7) is 4.66. The first-order chi connectivity index (χ1) is 7.27. The molecule has 0 spiro atoms. The fourth-order valence-electron chi connectivity index (χ4n) is 2.88. The summed E-state index contributed by atoms with van der Waals surface area (Å²) in [4.78, 5) is 2.65. The van der Waals surface area contributed by atoms with E-state index in [0.29, 0.717) is 6.04 Å². The van der Waals surface area contributed by atoms with Crippen LogP contribution < -0.4 is 5.73 Å². The molecule has 0 aromatic carbocycles. The van der Waals surface area contributed by atoms with E-state index in [9.17, 15) is 0 Å². The molecule has 2 aliphatic rings. The molecule has 0 amide bonds. The molecular formula is C13H24N2. The second kappa shape index (κ2) is 5.13. The topological polar surface area (TPSA) is 29.3 Å². The van der Waals surface area contributed by atoms with Gasteiger partial charge in [-0.05, 0) is 58.0 Å². The minimum atomic E-state index is 0.383. The molecule has 0 saturated carbocycles. The van der Waals surface area contributed by atoms with Gasteiger partial charge in [0.05, 0.1) is 0 Å². The molecule has 15 heavy (non-hydrogen) atoms. The number of rotatable bonds is 2. The molecule has 0 bridgehead atoms. The van der Waals surface area contributed by atoms with Crippen molar-refractivity contribution in [3.05, 3.63) is 12.2 Å². The van der Waals surface area contributed by atoms with Gasteiger partial charge in [-0.25, -0.2) is 0 Å². The Morgan fingerprint density at radius 1 is 1.27 bits per heavy atom. The maximum atomic E-state index is 5.96. The van der Waals surface area contributed by atoms with Gasteiger partial charge in [0.2, 0.25) is 0 Å². The van der Waals surface area contributed by atoms with E-state index in [4.69, 9.17) is 5.73 Å². The number of nitrogens with two attached hydrogens (primary N) is 1. The number of allylic oxidation sites excluding steroid dienone is 1. The molecule has 0 radical (unpaired) electrons. The van der Waals surface area contributed by atoms with Crippen LogP contribution in [0.25, 0.3) is 0 Å². The highest BCUT2D eigenvalue weighted by molar-refractivity contribution is 4.99. The van der Waals surface area contributed by atoms with E-state index in [1.807, 2.05) is 0 Å². The van der Waals surface area contributed by atoms with Gasteiger partial charge < -0.3 is 5.73 Å². The predicted molar refractivity (Wildman–Crippen MR) is 64.7 cm³/mol. The van der Waals surface area contributed by atoms with Crippen LogP contribution in [0.3, 0.4) is 0 Å². The van der Waals surface area contributed by atoms with E-state index in [2.05, 4.69) is 24.0 Å². The van der Waals surface area contributed by atoms with Crippen molar-refractivity contribution >= 4 is 0 Å². The summed E-state index contributed by atoms with van der Waals surface area (Å²) in [6, 6.07) is 1.11. The van der Waals surface area contributed by atoms with Gasteiger partial charge in [-0.15, -0.1) is 0 Å². The molecule has 2 N–H and O–H groups in total. The second-order valence-corrected chi connectivity index (χ2v) is 5.16. The highest BCUT2D eigenvalue weighted by Crippen LogP contribution is 2.24. The molecule has 2 heteroatoms. The molecule has 1 aliphatic heterocycles. The zero-order chi connectivity index (χ0) is 10.7. The van der Waals surface area contributed by atoms with Gasteiger partial charge in [-0.2, -0.15) is 0 Å². The molecule has 0 aromatic rings. The quantitative estimate of drug-likeness (QED) is 0.705. The second-order valence-electron chi connectivity index (χ2n) is 5.16. The van der Waals surface area contributed by atoms with E-state index < -0.39 is 0 Å². The third-order valence-electron chi connectivity index (χ3n) is 4.02. The number of likely N-dealkylation sites (tertiary alicyclic amines) is 1. The maximum absolute atomic E-state index is 5.96. The highest BCUT2D eigenvalue weighted by atomic mass is 15.2. The van der Waals surface area contributed by atoms with Gasteiger partial charge >= 0.3 is 0 Å². The van der Waals surface area contributed by atoms with E-state index in [1.54, 1.807) is 0 Å². The van der Waals surface area contributed by atoms with E-state index in [1.165, 1.54) is 45.2 Å². The van der Waals surface area contributed by atoms with Gasteiger partial charge in [0.1, 0.15) is 0 Å². The number of hydrogen-bond acceptors (Lipinski definition) is 2. The summed E-state index contributed by atoms with van der Waals surface area (Å²) in [5.74, 6) is 0.758. The minimum absolute atomic E-state index is 0.383. The Morgan fingerprint density at radius 2 is 2.00 bits per heavy atom. The van der Waals surface area contributed by atoms with E-state index in [-0.39, 0.29) is 0 Å². The average molecular weight is 208 g/mol. The molecule has 1 fully saturated rings. The zero-order valence-corrected chi connectivity index (χ0v) is 9.86. The number of nitrogens with zero attached hydrogens (tertiary/aromatic N) is 1. The lowest BCUT2D eigenvalue weighted by Gasteiger charge is -2.38. The van der Waals surface area contributed by atoms with Crippen LogP contribution in [0.2, 0.25) is 0 Å². The SMILES string of the molecule is CC(N)C1CCN(C2C=CCCC2)CC1. The van der Waals surface area contributed by atoms with Crippen LogP contribution in [0, 0.1) is 5.92 Å². The van der Waals surface area contributed by atoms with Crippen molar-refractivity contribution in [3.63, 3.8) is 0 Å². The van der Waals surface area contributed by atoms with Crippen molar-refractivity contribution in [1.29, 1.82) is 0 Å². The molecule has 1 heterocycles. The third kappa shape index (κ3) is 2.82. The molecule has 2 rings (SSSR count). The average Bonchev–Trinajstić information content (AvgIpc) is 2.30. The maximum Gasteiger partial charge on any atom is 0.0278 e. The van der Waals surface area contributed by atoms with Crippen LogP contribution in [0.1, 0.15) is 39.0 Å². The first kappa shape index (κ1) is 11.2. The highest BCUT2D eigenvalue weighted by Gasteiger charge is 2.25. The summed E-state index contributed by atoms with van der Waals surface area (Å²) < 4.78 is 0. The molecule has 1 aliphatic carbocycles. The largest absolute Gasteiger partial charge is 0.328 e. The first-order valence-corrected chi connectivity index (χ1v) is 6.43. The summed E-state index contributed by atoms with van der Waals surface area (Å²) in [7, 11) is 0. The Hall–Kier alpha value is -0.340. The van der Waals surface area contributed by atoms with Crippen LogP contribution in [0.5, 0.6) is 0 Å².